The maximum atomic E-state index is 2.57. The molecule has 0 spiro atoms. The van der Waals surface area contributed by atoms with Crippen molar-refractivity contribution in [3.8, 4) is 0 Å². The minimum absolute atomic E-state index is 0.230. The number of benzene rings is 2. The highest BCUT2D eigenvalue weighted by atomic mass is 127. The van der Waals surface area contributed by atoms with Crippen LogP contribution in [0.4, 0.5) is 0 Å². The van der Waals surface area contributed by atoms with Gasteiger partial charge in [0.1, 0.15) is 8.07 Å². The van der Waals surface area contributed by atoms with E-state index in [1.165, 1.54) is 20.9 Å². The number of hydrogen-bond acceptors (Lipinski definition) is 0. The van der Waals surface area contributed by atoms with E-state index >= 15 is 0 Å². The third-order valence-electron chi connectivity index (χ3n) is 2.71. The van der Waals surface area contributed by atoms with Gasteiger partial charge in [0, 0.05) is 17.5 Å². The lowest BCUT2D eigenvalue weighted by atomic mass is 10.0. The molecule has 74 valence electrons. The van der Waals surface area contributed by atoms with E-state index in [0.717, 1.165) is 6.42 Å². The van der Waals surface area contributed by atoms with Gasteiger partial charge in [-0.2, -0.15) is 0 Å². The normalized spacial score (nSPS) is 14.5. The van der Waals surface area contributed by atoms with Crippen molar-refractivity contribution in [2.24, 2.45) is 0 Å². The number of hydrogen-bond donors (Lipinski definition) is 0. The molecule has 2 heteroatoms. The average molecular weight is 325 g/mol. The molecule has 2 aromatic rings. The standard InChI is InChI=1S/C13H10IS/c14-15-12-7-3-1-5-10(12)9-11-6-2-4-8-13(11)15/h1-8H,9H2/q+1. The smallest absolute Gasteiger partial charge is 0.0616 e. The van der Waals surface area contributed by atoms with Crippen LogP contribution < -0.4 is 0 Å². The summed E-state index contributed by atoms with van der Waals surface area (Å²) >= 11 is 2.57. The fourth-order valence-corrected chi connectivity index (χ4v) is 5.92. The molecule has 0 fully saturated rings. The Labute approximate surface area is 105 Å². The summed E-state index contributed by atoms with van der Waals surface area (Å²) in [4.78, 5) is 3.02. The van der Waals surface area contributed by atoms with Crippen molar-refractivity contribution in [1.29, 1.82) is 0 Å². The molecule has 0 aromatic heterocycles. The van der Waals surface area contributed by atoms with Crippen molar-refractivity contribution >= 4 is 29.3 Å². The Kier molecular flexibility index (Phi) is 2.48. The monoisotopic (exact) mass is 325 g/mol. The van der Waals surface area contributed by atoms with Gasteiger partial charge in [-0.15, -0.1) is 0 Å². The SMILES string of the molecule is I[S+]1c2ccccc2Cc2ccccc21. The van der Waals surface area contributed by atoms with Gasteiger partial charge in [0.2, 0.25) is 0 Å². The van der Waals surface area contributed by atoms with Crippen LogP contribution in [0.5, 0.6) is 0 Å². The molecule has 0 saturated carbocycles. The topological polar surface area (TPSA) is 0 Å². The van der Waals surface area contributed by atoms with Gasteiger partial charge >= 0.3 is 0 Å². The van der Waals surface area contributed by atoms with Crippen LogP contribution in [0.1, 0.15) is 11.1 Å². The van der Waals surface area contributed by atoms with Crippen molar-refractivity contribution in [1.82, 2.24) is 0 Å². The van der Waals surface area contributed by atoms with Crippen LogP contribution in [0, 0.1) is 0 Å². The van der Waals surface area contributed by atoms with E-state index in [2.05, 4.69) is 69.7 Å². The van der Waals surface area contributed by atoms with Gasteiger partial charge in [0.05, 0.1) is 0 Å². The van der Waals surface area contributed by atoms with Crippen molar-refractivity contribution < 1.29 is 0 Å². The Morgan fingerprint density at radius 3 is 1.80 bits per heavy atom. The largest absolute Gasteiger partial charge is 0.264 e. The summed E-state index contributed by atoms with van der Waals surface area (Å²) in [5.74, 6) is 0. The lowest BCUT2D eigenvalue weighted by Crippen LogP contribution is -2.09. The molecule has 0 N–H and O–H groups in total. The Hall–Kier alpha value is -0.480. The molecule has 3 rings (SSSR count). The lowest BCUT2D eigenvalue weighted by Gasteiger charge is -2.14. The number of fused-ring (bicyclic) bond motifs is 2. The number of halogens is 1. The summed E-state index contributed by atoms with van der Waals surface area (Å²) < 4.78 is 0. The summed E-state index contributed by atoms with van der Waals surface area (Å²) in [6.45, 7) is 0. The second kappa shape index (κ2) is 3.83. The van der Waals surface area contributed by atoms with Crippen LogP contribution in [-0.4, -0.2) is 0 Å². The first-order valence-corrected chi connectivity index (χ1v) is 8.69. The van der Waals surface area contributed by atoms with E-state index in [9.17, 15) is 0 Å². The molecule has 0 saturated heterocycles. The van der Waals surface area contributed by atoms with Gasteiger partial charge in [-0.05, 0) is 12.1 Å². The molecule has 15 heavy (non-hydrogen) atoms. The fraction of sp³-hybridized carbons (Fsp3) is 0.0769. The second-order valence-electron chi connectivity index (χ2n) is 3.65. The van der Waals surface area contributed by atoms with Crippen molar-refractivity contribution in [3.63, 3.8) is 0 Å². The Morgan fingerprint density at radius 2 is 1.27 bits per heavy atom. The zero-order chi connectivity index (χ0) is 10.3. The predicted molar refractivity (Wildman–Crippen MR) is 73.6 cm³/mol. The van der Waals surface area contributed by atoms with Crippen LogP contribution in [0.3, 0.4) is 0 Å². The van der Waals surface area contributed by atoms with Crippen molar-refractivity contribution in [2.45, 2.75) is 16.2 Å². The summed E-state index contributed by atoms with van der Waals surface area (Å²) in [5, 5.41) is 0. The first kappa shape index (κ1) is 9.73. The molecular weight excluding hydrogens is 315 g/mol. The Bertz CT molecular complexity index is 462. The number of rotatable bonds is 0. The van der Waals surface area contributed by atoms with Gasteiger partial charge in [0.25, 0.3) is 21.2 Å². The van der Waals surface area contributed by atoms with Crippen LogP contribution in [0.15, 0.2) is 58.3 Å². The van der Waals surface area contributed by atoms with Crippen LogP contribution in [0.2, 0.25) is 0 Å². The molecule has 0 bridgehead atoms. The predicted octanol–water partition coefficient (Wildman–Crippen LogP) is 3.98. The van der Waals surface area contributed by atoms with E-state index < -0.39 is 0 Å². The zero-order valence-electron chi connectivity index (χ0n) is 8.11. The highest BCUT2D eigenvalue weighted by molar-refractivity contribution is 14.2. The minimum Gasteiger partial charge on any atom is -0.0616 e. The first-order chi connectivity index (χ1) is 7.36. The molecule has 0 nitrogen and oxygen atoms in total. The van der Waals surface area contributed by atoms with Crippen LogP contribution >= 0.6 is 21.2 Å². The molecule has 1 aliphatic heterocycles. The van der Waals surface area contributed by atoms with E-state index in [0.29, 0.717) is 0 Å². The molecule has 0 atom stereocenters. The van der Waals surface area contributed by atoms with Gasteiger partial charge in [-0.1, -0.05) is 36.4 Å². The van der Waals surface area contributed by atoms with Gasteiger partial charge in [-0.3, -0.25) is 0 Å². The van der Waals surface area contributed by atoms with Crippen LogP contribution in [-0.2, 0) is 14.5 Å². The second-order valence-corrected chi connectivity index (χ2v) is 7.68. The highest BCUT2D eigenvalue weighted by Crippen LogP contribution is 2.39. The fourth-order valence-electron chi connectivity index (χ4n) is 1.97. The van der Waals surface area contributed by atoms with E-state index in [4.69, 9.17) is 0 Å². The molecule has 2 aromatic carbocycles. The molecule has 0 amide bonds. The van der Waals surface area contributed by atoms with E-state index in [-0.39, 0.29) is 8.07 Å². The highest BCUT2D eigenvalue weighted by Gasteiger charge is 2.32. The molecule has 0 aliphatic carbocycles. The molecule has 1 aliphatic rings. The van der Waals surface area contributed by atoms with Gasteiger partial charge in [0.15, 0.2) is 9.79 Å². The molecular formula is C13H10IS+. The van der Waals surface area contributed by atoms with Gasteiger partial charge < -0.3 is 0 Å². The Morgan fingerprint density at radius 1 is 0.800 bits per heavy atom. The first-order valence-electron chi connectivity index (χ1n) is 4.92. The zero-order valence-corrected chi connectivity index (χ0v) is 11.1. The maximum absolute atomic E-state index is 2.57. The van der Waals surface area contributed by atoms with Crippen molar-refractivity contribution in [3.05, 3.63) is 59.7 Å². The summed E-state index contributed by atoms with van der Waals surface area (Å²) in [6.07, 6.45) is 1.10. The molecule has 0 radical (unpaired) electrons. The van der Waals surface area contributed by atoms with E-state index in [1.54, 1.807) is 0 Å². The quantitative estimate of drug-likeness (QED) is 0.508. The van der Waals surface area contributed by atoms with E-state index in [1.807, 2.05) is 0 Å². The lowest BCUT2D eigenvalue weighted by molar-refractivity contribution is 1.05. The Balaban J connectivity index is 2.20. The molecule has 0 unspecified atom stereocenters. The summed E-state index contributed by atoms with van der Waals surface area (Å²) in [6, 6.07) is 17.6. The van der Waals surface area contributed by atoms with Crippen LogP contribution in [0.25, 0.3) is 0 Å². The third-order valence-corrected chi connectivity index (χ3v) is 7.13. The maximum Gasteiger partial charge on any atom is 0.264 e. The summed E-state index contributed by atoms with van der Waals surface area (Å²) in [7, 11) is 0.230. The average Bonchev–Trinajstić information content (AvgIpc) is 2.30. The summed E-state index contributed by atoms with van der Waals surface area (Å²) in [5.41, 5.74) is 2.99. The molecule has 1 heterocycles. The minimum atomic E-state index is 0.230. The van der Waals surface area contributed by atoms with Crippen molar-refractivity contribution in [2.75, 3.05) is 0 Å². The van der Waals surface area contributed by atoms with Gasteiger partial charge in [-0.25, -0.2) is 0 Å². The third kappa shape index (κ3) is 1.60.